The Labute approximate surface area is 166 Å². The number of carbonyl (C=O) groups excluding carboxylic acids is 1. The second kappa shape index (κ2) is 9.49. The van der Waals surface area contributed by atoms with E-state index in [9.17, 15) is 13.2 Å². The Morgan fingerprint density at radius 2 is 2.00 bits per heavy atom. The van der Waals surface area contributed by atoms with Crippen molar-refractivity contribution in [3.8, 4) is 0 Å². The Hall–Kier alpha value is -1.27. The summed E-state index contributed by atoms with van der Waals surface area (Å²) in [5, 5.41) is 3.31. The molecule has 2 fully saturated rings. The molecule has 28 heavy (non-hydrogen) atoms. The zero-order valence-corrected chi connectivity index (χ0v) is 17.8. The lowest BCUT2D eigenvalue weighted by Gasteiger charge is -2.35. The van der Waals surface area contributed by atoms with E-state index in [1.165, 1.54) is 0 Å². The van der Waals surface area contributed by atoms with Crippen LogP contribution in [-0.4, -0.2) is 82.2 Å². The Morgan fingerprint density at radius 1 is 1.36 bits per heavy atom. The minimum atomic E-state index is -3.54. The topological polar surface area (TPSA) is 133 Å². The van der Waals surface area contributed by atoms with Crippen LogP contribution in [0, 0.1) is 5.92 Å². The summed E-state index contributed by atoms with van der Waals surface area (Å²) >= 11 is 0. The van der Waals surface area contributed by atoms with Gasteiger partial charge in [0.25, 0.3) is 10.1 Å². The minimum absolute atomic E-state index is 0.0581. The third kappa shape index (κ3) is 7.63. The van der Waals surface area contributed by atoms with Crippen molar-refractivity contribution < 1.29 is 26.9 Å². The van der Waals surface area contributed by atoms with E-state index in [1.807, 2.05) is 4.90 Å². The largest absolute Gasteiger partial charge is 0.442 e. The molecule has 0 bridgehead atoms. The smallest absolute Gasteiger partial charge is 0.435 e. The molecule has 0 aromatic carbocycles. The number of nitrogens with two attached hydrogens (primary N) is 1. The molecule has 2 unspecified atom stereocenters. The second-order valence-electron chi connectivity index (χ2n) is 8.23. The average molecular weight is 421 g/mol. The maximum atomic E-state index is 12.1. The molecule has 3 N–H and O–H groups in total. The van der Waals surface area contributed by atoms with Gasteiger partial charge in [-0.3, -0.25) is 9.08 Å². The molecule has 0 saturated carbocycles. The van der Waals surface area contributed by atoms with Crippen molar-refractivity contribution in [1.29, 1.82) is 0 Å². The zero-order chi connectivity index (χ0) is 20.9. The van der Waals surface area contributed by atoms with E-state index in [2.05, 4.69) is 10.3 Å². The standard InChI is InChI=1S/C17H32N4O6S/c1-17(2,3)27-16(22)20-15(18)14(12-5-7-19-8-6-12)21-9-13(25-11-21)10-26-28(4,23)24/h12-14,19H,5-11H2,1-4H3,(H2,18,20,22). The number of amidine groups is 1. The summed E-state index contributed by atoms with van der Waals surface area (Å²) in [7, 11) is -3.54. The summed E-state index contributed by atoms with van der Waals surface area (Å²) in [5.41, 5.74) is 5.58. The van der Waals surface area contributed by atoms with Crippen molar-refractivity contribution in [2.45, 2.75) is 51.4 Å². The molecule has 0 aliphatic carbocycles. The third-order valence-corrected chi connectivity index (χ3v) is 5.09. The normalized spacial score (nSPS) is 24.3. The lowest BCUT2D eigenvalue weighted by atomic mass is 9.88. The number of amides is 1. The fourth-order valence-electron chi connectivity index (χ4n) is 3.41. The molecular weight excluding hydrogens is 388 g/mol. The van der Waals surface area contributed by atoms with Crippen molar-refractivity contribution in [2.24, 2.45) is 16.6 Å². The van der Waals surface area contributed by atoms with E-state index in [-0.39, 0.29) is 31.1 Å². The average Bonchev–Trinajstić information content (AvgIpc) is 3.00. The van der Waals surface area contributed by atoms with E-state index < -0.39 is 27.9 Å². The number of hydrogen-bond acceptors (Lipinski definition) is 8. The van der Waals surface area contributed by atoms with Gasteiger partial charge < -0.3 is 20.5 Å². The highest BCUT2D eigenvalue weighted by molar-refractivity contribution is 7.85. The number of rotatable bonds is 6. The first kappa shape index (κ1) is 23.0. The number of hydrogen-bond donors (Lipinski definition) is 2. The van der Waals surface area contributed by atoms with Crippen LogP contribution in [0.4, 0.5) is 4.79 Å². The van der Waals surface area contributed by atoms with Gasteiger partial charge in [0.2, 0.25) is 0 Å². The van der Waals surface area contributed by atoms with Gasteiger partial charge >= 0.3 is 6.09 Å². The van der Waals surface area contributed by atoms with Gasteiger partial charge in [-0.2, -0.15) is 13.4 Å². The summed E-state index contributed by atoms with van der Waals surface area (Å²) in [5.74, 6) is 0.389. The minimum Gasteiger partial charge on any atom is -0.442 e. The molecule has 2 atom stereocenters. The van der Waals surface area contributed by atoms with Gasteiger partial charge in [0, 0.05) is 6.54 Å². The van der Waals surface area contributed by atoms with Crippen molar-refractivity contribution in [2.75, 3.05) is 39.2 Å². The van der Waals surface area contributed by atoms with Crippen molar-refractivity contribution >= 4 is 22.0 Å². The number of nitrogens with zero attached hydrogens (tertiary/aromatic N) is 2. The molecule has 10 nitrogen and oxygen atoms in total. The molecule has 2 rings (SSSR count). The summed E-state index contributed by atoms with van der Waals surface area (Å²) in [6.45, 7) is 7.65. The Bertz CT molecular complexity index is 670. The molecule has 2 aliphatic rings. The first-order valence-electron chi connectivity index (χ1n) is 9.42. The number of aliphatic imine (C=N–C) groups is 1. The molecular formula is C17H32N4O6S. The summed E-state index contributed by atoms with van der Waals surface area (Å²) in [6, 6.07) is -0.294. The summed E-state index contributed by atoms with van der Waals surface area (Å²) in [6.07, 6.45) is 1.66. The van der Waals surface area contributed by atoms with Crippen molar-refractivity contribution in [1.82, 2.24) is 10.2 Å². The summed E-state index contributed by atoms with van der Waals surface area (Å²) in [4.78, 5) is 18.1. The Balaban J connectivity index is 2.10. The van der Waals surface area contributed by atoms with Gasteiger partial charge in [-0.05, 0) is 52.6 Å². The summed E-state index contributed by atoms with van der Waals surface area (Å²) < 4.78 is 38.2. The molecule has 0 radical (unpaired) electrons. The van der Waals surface area contributed by atoms with E-state index in [0.717, 1.165) is 32.2 Å². The third-order valence-electron chi connectivity index (χ3n) is 4.52. The van der Waals surface area contributed by atoms with Gasteiger partial charge in [0.05, 0.1) is 25.0 Å². The molecule has 2 aliphatic heterocycles. The lowest BCUT2D eigenvalue weighted by molar-refractivity contribution is 0.0522. The van der Waals surface area contributed by atoms with Crippen LogP contribution in [0.3, 0.4) is 0 Å². The highest BCUT2D eigenvalue weighted by Gasteiger charge is 2.37. The Kier molecular flexibility index (Phi) is 7.80. The van der Waals surface area contributed by atoms with E-state index in [1.54, 1.807) is 20.8 Å². The Morgan fingerprint density at radius 3 is 2.57 bits per heavy atom. The number of carbonyl (C=O) groups is 1. The van der Waals surface area contributed by atoms with Crippen molar-refractivity contribution in [3.63, 3.8) is 0 Å². The van der Waals surface area contributed by atoms with Crippen LogP contribution in [0.1, 0.15) is 33.6 Å². The van der Waals surface area contributed by atoms with Crippen LogP contribution in [0.5, 0.6) is 0 Å². The van der Waals surface area contributed by atoms with Crippen LogP contribution in [0.2, 0.25) is 0 Å². The van der Waals surface area contributed by atoms with Crippen LogP contribution < -0.4 is 11.1 Å². The predicted molar refractivity (Wildman–Crippen MR) is 104 cm³/mol. The molecule has 0 aromatic rings. The highest BCUT2D eigenvalue weighted by atomic mass is 32.2. The molecule has 0 aromatic heterocycles. The maximum absolute atomic E-state index is 12.1. The number of nitrogens with one attached hydrogen (secondary N) is 1. The predicted octanol–water partition coefficient (Wildman–Crippen LogP) is 0.281. The maximum Gasteiger partial charge on any atom is 0.435 e. The number of piperidine rings is 1. The monoisotopic (exact) mass is 420 g/mol. The molecule has 0 spiro atoms. The fraction of sp³-hybridized carbons (Fsp3) is 0.882. The fourth-order valence-corrected chi connectivity index (χ4v) is 3.80. The quantitative estimate of drug-likeness (QED) is 0.353. The number of ether oxygens (including phenoxy) is 2. The second-order valence-corrected chi connectivity index (χ2v) is 9.87. The van der Waals surface area contributed by atoms with Gasteiger partial charge in [-0.15, -0.1) is 0 Å². The molecule has 1 amide bonds. The van der Waals surface area contributed by atoms with E-state index in [0.29, 0.717) is 6.54 Å². The SMILES string of the molecule is CC(C)(C)OC(=O)N=C(N)C(C1CCNCC1)N1COC(COS(C)(=O)=O)C1. The molecule has 2 heterocycles. The first-order valence-corrected chi connectivity index (χ1v) is 11.2. The van der Waals surface area contributed by atoms with Gasteiger partial charge in [0.15, 0.2) is 0 Å². The van der Waals surface area contributed by atoms with Gasteiger partial charge in [0.1, 0.15) is 18.2 Å². The first-order chi connectivity index (χ1) is 12.9. The van der Waals surface area contributed by atoms with Crippen molar-refractivity contribution in [3.05, 3.63) is 0 Å². The lowest BCUT2D eigenvalue weighted by Crippen LogP contribution is -2.51. The molecule has 2 saturated heterocycles. The van der Waals surface area contributed by atoms with E-state index in [4.69, 9.17) is 19.4 Å². The molecule has 162 valence electrons. The van der Waals surface area contributed by atoms with Crippen LogP contribution >= 0.6 is 0 Å². The van der Waals surface area contributed by atoms with Gasteiger partial charge in [-0.1, -0.05) is 0 Å². The van der Waals surface area contributed by atoms with E-state index >= 15 is 0 Å². The van der Waals surface area contributed by atoms with Crippen LogP contribution in [0.15, 0.2) is 4.99 Å². The van der Waals surface area contributed by atoms with Crippen LogP contribution in [-0.2, 0) is 23.8 Å². The van der Waals surface area contributed by atoms with Gasteiger partial charge in [-0.25, -0.2) is 4.79 Å². The molecule has 11 heteroatoms. The zero-order valence-electron chi connectivity index (χ0n) is 17.0. The highest BCUT2D eigenvalue weighted by Crippen LogP contribution is 2.25. The van der Waals surface area contributed by atoms with Crippen LogP contribution in [0.25, 0.3) is 0 Å².